The van der Waals surface area contributed by atoms with E-state index < -0.39 is 0 Å². The fraction of sp³-hybridized carbons (Fsp3) is 0.0645. The molecule has 0 N–H and O–H groups in total. The molecule has 14 aromatic rings. The highest BCUT2D eigenvalue weighted by Gasteiger charge is 2.33. The third-order valence-electron chi connectivity index (χ3n) is 15.3. The van der Waals surface area contributed by atoms with Crippen LogP contribution in [0.4, 0.5) is 0 Å². The van der Waals surface area contributed by atoms with Crippen LogP contribution in [0.3, 0.4) is 0 Å². The van der Waals surface area contributed by atoms with Gasteiger partial charge in [0.05, 0.1) is 44.1 Å². The lowest BCUT2D eigenvalue weighted by Gasteiger charge is -2.31. The molecule has 0 radical (unpaired) electrons. The molecule has 6 aromatic carbocycles. The second kappa shape index (κ2) is 14.2. The Labute approximate surface area is 400 Å². The molecule has 2 aliphatic carbocycles. The van der Waals surface area contributed by atoms with Crippen LogP contribution in [0.1, 0.15) is 22.3 Å². The molecule has 0 fully saturated rings. The number of hydrogen-bond acceptors (Lipinski definition) is 6. The molecule has 8 heterocycles. The molecule has 0 aliphatic heterocycles. The van der Waals surface area contributed by atoms with Crippen molar-refractivity contribution in [1.82, 2.24) is 39.0 Å². The summed E-state index contributed by atoms with van der Waals surface area (Å²) >= 11 is 0. The quantitative estimate of drug-likeness (QED) is 0.164. The number of aromatic nitrogens is 8. The molecule has 0 bridgehead atoms. The van der Waals surface area contributed by atoms with Crippen LogP contribution in [-0.4, -0.2) is 39.0 Å². The monoisotopic (exact) mass is 894 g/mol. The van der Waals surface area contributed by atoms with Crippen molar-refractivity contribution in [1.29, 1.82) is 0 Å². The molecule has 8 nitrogen and oxygen atoms in total. The molecule has 8 aromatic heterocycles. The fourth-order valence-electron chi connectivity index (χ4n) is 12.5. The maximum Gasteiger partial charge on any atom is 0.137 e. The van der Waals surface area contributed by atoms with E-state index in [9.17, 15) is 0 Å². The first-order chi connectivity index (χ1) is 34.7. The van der Waals surface area contributed by atoms with E-state index in [1.807, 2.05) is 73.6 Å². The summed E-state index contributed by atoms with van der Waals surface area (Å²) in [6.07, 6.45) is 15.0. The lowest BCUT2D eigenvalue weighted by molar-refractivity contribution is 0.881. The zero-order valence-electron chi connectivity index (χ0n) is 37.7. The number of hydrogen-bond donors (Lipinski definition) is 0. The van der Waals surface area contributed by atoms with E-state index in [4.69, 9.17) is 29.9 Å². The average Bonchev–Trinajstić information content (AvgIpc) is 3.94. The van der Waals surface area contributed by atoms with Crippen molar-refractivity contribution in [2.75, 3.05) is 0 Å². The Hall–Kier alpha value is -9.14. The van der Waals surface area contributed by atoms with Crippen LogP contribution in [0.5, 0.6) is 0 Å². The van der Waals surface area contributed by atoms with E-state index in [1.54, 1.807) is 0 Å². The number of rotatable bonds is 4. The summed E-state index contributed by atoms with van der Waals surface area (Å²) in [7, 11) is 0. The summed E-state index contributed by atoms with van der Waals surface area (Å²) < 4.78 is 4.86. The lowest BCUT2D eigenvalue weighted by Crippen LogP contribution is -2.16. The zero-order valence-corrected chi connectivity index (χ0v) is 37.7. The Morgan fingerprint density at radius 3 is 1.23 bits per heavy atom. The van der Waals surface area contributed by atoms with Gasteiger partial charge in [-0.05, 0) is 178 Å². The largest absolute Gasteiger partial charge is 0.293 e. The Bertz CT molecular complexity index is 4300. The van der Waals surface area contributed by atoms with Crippen molar-refractivity contribution in [2.24, 2.45) is 0 Å². The van der Waals surface area contributed by atoms with Crippen LogP contribution < -0.4 is 0 Å². The van der Waals surface area contributed by atoms with Gasteiger partial charge in [0.25, 0.3) is 0 Å². The first-order valence-electron chi connectivity index (χ1n) is 24.1. The standard InChI is InChI=1S/C62H38N8/c1-3-23-63-53(13-1)69-51-21-17-35(45-33-39-9-5-25-65-57(39)59-41(45)11-7-27-67-59)29-47(51)49-31-37-16-20-44-56-38(15-19-43(55(37)56)61(49)69)32-50-48-30-36(18-22-52(48)70(62(44)50)54-14-2-4-24-64-54)46-34-40-10-6-26-66-58(40)60-42(46)12-8-28-68-60/h1-14,17-18,21-34H,15-16,19-20H2. The maximum absolute atomic E-state index is 5.03. The first kappa shape index (κ1) is 37.9. The summed E-state index contributed by atoms with van der Waals surface area (Å²) in [6.45, 7) is 0. The molecule has 8 heteroatoms. The minimum atomic E-state index is 0.921. The Morgan fingerprint density at radius 1 is 0.329 bits per heavy atom. The van der Waals surface area contributed by atoms with Crippen molar-refractivity contribution in [3.8, 4) is 45.0 Å². The van der Waals surface area contributed by atoms with Crippen LogP contribution in [-0.2, 0) is 25.7 Å². The van der Waals surface area contributed by atoms with Gasteiger partial charge in [-0.2, -0.15) is 0 Å². The van der Waals surface area contributed by atoms with Crippen molar-refractivity contribution < 1.29 is 0 Å². The molecular weight excluding hydrogens is 857 g/mol. The number of nitrogens with zero attached hydrogens (tertiary/aromatic N) is 8. The lowest BCUT2D eigenvalue weighted by atomic mass is 9.74. The third kappa shape index (κ3) is 5.19. The van der Waals surface area contributed by atoms with E-state index in [1.165, 1.54) is 66.0 Å². The number of aryl methyl sites for hydroxylation is 4. The van der Waals surface area contributed by atoms with Gasteiger partial charge in [-0.15, -0.1) is 0 Å². The highest BCUT2D eigenvalue weighted by molar-refractivity contribution is 6.19. The van der Waals surface area contributed by atoms with Crippen LogP contribution in [0.25, 0.3) is 132 Å². The first-order valence-corrected chi connectivity index (χ1v) is 24.1. The van der Waals surface area contributed by atoms with Gasteiger partial charge in [0.2, 0.25) is 0 Å². The summed E-state index contributed by atoms with van der Waals surface area (Å²) in [5.74, 6) is 1.85. The smallest absolute Gasteiger partial charge is 0.137 e. The highest BCUT2D eigenvalue weighted by atomic mass is 15.1. The van der Waals surface area contributed by atoms with Gasteiger partial charge in [0.15, 0.2) is 0 Å². The molecule has 0 saturated carbocycles. The molecule has 16 rings (SSSR count). The van der Waals surface area contributed by atoms with Gasteiger partial charge < -0.3 is 0 Å². The Kier molecular flexibility index (Phi) is 7.69. The van der Waals surface area contributed by atoms with E-state index in [0.717, 1.165) is 114 Å². The maximum atomic E-state index is 5.03. The highest BCUT2D eigenvalue weighted by Crippen LogP contribution is 2.52. The molecule has 0 spiro atoms. The third-order valence-corrected chi connectivity index (χ3v) is 15.3. The zero-order chi connectivity index (χ0) is 45.6. The minimum Gasteiger partial charge on any atom is -0.293 e. The van der Waals surface area contributed by atoms with Crippen LogP contribution in [0.15, 0.2) is 183 Å². The second-order valence-electron chi connectivity index (χ2n) is 18.9. The summed E-state index contributed by atoms with van der Waals surface area (Å²) in [5, 5.41) is 9.36. The van der Waals surface area contributed by atoms with Crippen molar-refractivity contribution in [3.63, 3.8) is 0 Å². The predicted octanol–water partition coefficient (Wildman–Crippen LogP) is 14.1. The van der Waals surface area contributed by atoms with Gasteiger partial charge in [-0.3, -0.25) is 29.1 Å². The van der Waals surface area contributed by atoms with E-state index >= 15 is 0 Å². The van der Waals surface area contributed by atoms with E-state index in [2.05, 4.69) is 118 Å². The van der Waals surface area contributed by atoms with Gasteiger partial charge in [0, 0.05) is 80.3 Å². The Morgan fingerprint density at radius 2 is 0.771 bits per heavy atom. The minimum absolute atomic E-state index is 0.921. The van der Waals surface area contributed by atoms with Crippen LogP contribution >= 0.6 is 0 Å². The summed E-state index contributed by atoms with van der Waals surface area (Å²) in [6, 6.07) is 52.8. The molecule has 0 atom stereocenters. The number of pyridine rings is 6. The number of benzene rings is 6. The number of fused-ring (bicyclic) bond motifs is 14. The van der Waals surface area contributed by atoms with Gasteiger partial charge in [-0.25, -0.2) is 9.97 Å². The van der Waals surface area contributed by atoms with Gasteiger partial charge >= 0.3 is 0 Å². The molecule has 70 heavy (non-hydrogen) atoms. The fourth-order valence-corrected chi connectivity index (χ4v) is 12.5. The molecule has 326 valence electrons. The van der Waals surface area contributed by atoms with Gasteiger partial charge in [0.1, 0.15) is 11.6 Å². The van der Waals surface area contributed by atoms with Crippen molar-refractivity contribution in [3.05, 3.63) is 205 Å². The molecular formula is C62H38N8. The molecule has 0 saturated heterocycles. The normalized spacial score (nSPS) is 13.2. The second-order valence-corrected chi connectivity index (χ2v) is 18.9. The average molecular weight is 895 g/mol. The van der Waals surface area contributed by atoms with E-state index in [-0.39, 0.29) is 0 Å². The van der Waals surface area contributed by atoms with Crippen molar-refractivity contribution in [2.45, 2.75) is 25.7 Å². The predicted molar refractivity (Wildman–Crippen MR) is 283 cm³/mol. The SMILES string of the molecule is c1ccc(-n2c3ccc(-c4cc5cccnc5c5ncccc45)cc3c3cc4c5c(c32)CCc2cc3c6cc(-c7cc8cccnc8c8ncccc78)ccc6n(-c6ccccn6)c3c(c2-5)CC4)nc1. The molecule has 2 aliphatic rings. The van der Waals surface area contributed by atoms with Gasteiger partial charge in [-0.1, -0.05) is 48.5 Å². The van der Waals surface area contributed by atoms with E-state index in [0.29, 0.717) is 0 Å². The van der Waals surface area contributed by atoms with Crippen LogP contribution in [0.2, 0.25) is 0 Å². The molecule has 0 amide bonds. The van der Waals surface area contributed by atoms with Crippen molar-refractivity contribution >= 4 is 87.2 Å². The summed E-state index contributed by atoms with van der Waals surface area (Å²) in [5.41, 5.74) is 21.6. The topological polar surface area (TPSA) is 87.2 Å². The van der Waals surface area contributed by atoms with Crippen LogP contribution in [0, 0.1) is 0 Å². The molecule has 0 unspecified atom stereocenters. The Balaban J connectivity index is 0.958. The summed E-state index contributed by atoms with van der Waals surface area (Å²) in [4.78, 5) is 29.3.